The van der Waals surface area contributed by atoms with Crippen LogP contribution in [0, 0.1) is 11.3 Å². The fourth-order valence-electron chi connectivity index (χ4n) is 3.44. The van der Waals surface area contributed by atoms with E-state index in [-0.39, 0.29) is 5.91 Å². The molecule has 4 heteroatoms. The van der Waals surface area contributed by atoms with E-state index in [0.717, 1.165) is 23.3 Å². The van der Waals surface area contributed by atoms with E-state index < -0.39 is 0 Å². The molecule has 0 saturated heterocycles. The highest BCUT2D eigenvalue weighted by Crippen LogP contribution is 2.64. The zero-order chi connectivity index (χ0) is 14.9. The zero-order valence-corrected chi connectivity index (χ0v) is 12.5. The van der Waals surface area contributed by atoms with E-state index in [0.29, 0.717) is 11.6 Å². The Morgan fingerprint density at radius 1 is 1.57 bits per heavy atom. The lowest BCUT2D eigenvalue weighted by Crippen LogP contribution is -2.25. The first-order valence-electron chi connectivity index (χ1n) is 7.60. The quantitative estimate of drug-likeness (QED) is 0.816. The van der Waals surface area contributed by atoms with Gasteiger partial charge in [-0.25, -0.2) is 4.98 Å². The van der Waals surface area contributed by atoms with Crippen LogP contribution in [0.4, 0.5) is 5.69 Å². The summed E-state index contributed by atoms with van der Waals surface area (Å²) in [6, 6.07) is 1.96. The van der Waals surface area contributed by atoms with Crippen LogP contribution >= 0.6 is 0 Å². The van der Waals surface area contributed by atoms with Gasteiger partial charge in [-0.2, -0.15) is 0 Å². The molecule has 112 valence electrons. The second-order valence-electron chi connectivity index (χ2n) is 6.40. The predicted molar refractivity (Wildman–Crippen MR) is 82.3 cm³/mol. The number of rotatable bonds is 6. The third kappa shape index (κ3) is 3.09. The highest BCUT2D eigenvalue weighted by atomic mass is 16.5. The number of amides is 1. The Kier molecular flexibility index (Phi) is 3.70. The van der Waals surface area contributed by atoms with Crippen LogP contribution in [-0.2, 0) is 11.2 Å². The molecule has 21 heavy (non-hydrogen) atoms. The number of anilines is 1. The molecule has 2 fully saturated rings. The molecular weight excluding hydrogens is 264 g/mol. The maximum Gasteiger partial charge on any atom is 0.247 e. The predicted octanol–water partition coefficient (Wildman–Crippen LogP) is 3.34. The average Bonchev–Trinajstić information content (AvgIpc) is 3.24. The molecule has 2 aliphatic rings. The van der Waals surface area contributed by atoms with Gasteiger partial charge < -0.3 is 10.1 Å². The molecule has 1 aromatic rings. The first-order chi connectivity index (χ1) is 10.1. The van der Waals surface area contributed by atoms with Gasteiger partial charge in [0.1, 0.15) is 0 Å². The Labute approximate surface area is 125 Å². The highest BCUT2D eigenvalue weighted by Gasteiger charge is 2.52. The molecule has 4 nitrogen and oxygen atoms in total. The SMILES string of the molecule is C=CC(=O)Nc1cnc(OC)c(CCC2CC3(CC3)C2)c1. The minimum Gasteiger partial charge on any atom is -0.481 e. The fourth-order valence-corrected chi connectivity index (χ4v) is 3.44. The lowest BCUT2D eigenvalue weighted by atomic mass is 9.70. The van der Waals surface area contributed by atoms with Crippen LogP contribution in [0.15, 0.2) is 24.9 Å². The summed E-state index contributed by atoms with van der Waals surface area (Å²) in [4.78, 5) is 15.6. The van der Waals surface area contributed by atoms with Crippen LogP contribution in [0.1, 0.15) is 37.7 Å². The molecule has 1 aromatic heterocycles. The van der Waals surface area contributed by atoms with Gasteiger partial charge in [-0.3, -0.25) is 4.79 Å². The number of aromatic nitrogens is 1. The van der Waals surface area contributed by atoms with Crippen molar-refractivity contribution in [3.05, 3.63) is 30.5 Å². The molecule has 0 unspecified atom stereocenters. The molecule has 3 rings (SSSR count). The summed E-state index contributed by atoms with van der Waals surface area (Å²) in [7, 11) is 1.64. The van der Waals surface area contributed by atoms with E-state index in [9.17, 15) is 4.79 Å². The molecule has 0 radical (unpaired) electrons. The minimum absolute atomic E-state index is 0.220. The molecule has 2 saturated carbocycles. The van der Waals surface area contributed by atoms with Crippen LogP contribution in [0.5, 0.6) is 5.88 Å². The number of carbonyl (C=O) groups is 1. The normalized spacial score (nSPS) is 18.9. The van der Waals surface area contributed by atoms with Crippen molar-refractivity contribution in [3.8, 4) is 5.88 Å². The van der Waals surface area contributed by atoms with Gasteiger partial charge >= 0.3 is 0 Å². The molecule has 1 N–H and O–H groups in total. The Morgan fingerprint density at radius 2 is 2.33 bits per heavy atom. The Balaban J connectivity index is 1.62. The number of hydrogen-bond acceptors (Lipinski definition) is 3. The van der Waals surface area contributed by atoms with Gasteiger partial charge in [0.15, 0.2) is 0 Å². The summed E-state index contributed by atoms with van der Waals surface area (Å²) < 4.78 is 5.32. The van der Waals surface area contributed by atoms with E-state index in [4.69, 9.17) is 4.74 Å². The van der Waals surface area contributed by atoms with Gasteiger partial charge in [0.05, 0.1) is 19.0 Å². The van der Waals surface area contributed by atoms with Crippen LogP contribution < -0.4 is 10.1 Å². The molecule has 1 amide bonds. The summed E-state index contributed by atoms with van der Waals surface area (Å²) in [6.45, 7) is 3.45. The molecule has 1 heterocycles. The van der Waals surface area contributed by atoms with Crippen molar-refractivity contribution in [3.63, 3.8) is 0 Å². The second-order valence-corrected chi connectivity index (χ2v) is 6.40. The first kappa shape index (κ1) is 14.1. The van der Waals surface area contributed by atoms with Crippen LogP contribution in [0.2, 0.25) is 0 Å². The van der Waals surface area contributed by atoms with E-state index >= 15 is 0 Å². The van der Waals surface area contributed by atoms with Gasteiger partial charge in [0.2, 0.25) is 11.8 Å². The van der Waals surface area contributed by atoms with E-state index in [1.54, 1.807) is 13.3 Å². The van der Waals surface area contributed by atoms with Crippen molar-refractivity contribution in [2.24, 2.45) is 11.3 Å². The lowest BCUT2D eigenvalue weighted by Gasteiger charge is -2.36. The lowest BCUT2D eigenvalue weighted by molar-refractivity contribution is -0.111. The molecule has 2 aliphatic carbocycles. The Hall–Kier alpha value is -1.84. The number of ether oxygens (including phenoxy) is 1. The largest absolute Gasteiger partial charge is 0.481 e. The maximum absolute atomic E-state index is 11.4. The summed E-state index contributed by atoms with van der Waals surface area (Å²) in [5, 5.41) is 2.75. The summed E-state index contributed by atoms with van der Waals surface area (Å²) >= 11 is 0. The van der Waals surface area contributed by atoms with Gasteiger partial charge in [0.25, 0.3) is 0 Å². The number of pyridine rings is 1. The smallest absolute Gasteiger partial charge is 0.247 e. The van der Waals surface area contributed by atoms with Gasteiger partial charge in [-0.05, 0) is 62.0 Å². The topological polar surface area (TPSA) is 51.2 Å². The Morgan fingerprint density at radius 3 is 2.95 bits per heavy atom. The second kappa shape index (κ2) is 5.51. The third-order valence-electron chi connectivity index (χ3n) is 4.79. The molecular formula is C17H22N2O2. The number of nitrogens with zero attached hydrogens (tertiary/aromatic N) is 1. The number of nitrogens with one attached hydrogen (secondary N) is 1. The molecule has 0 aromatic carbocycles. The number of carbonyl (C=O) groups excluding carboxylic acids is 1. The van der Waals surface area contributed by atoms with Crippen molar-refractivity contribution in [2.75, 3.05) is 12.4 Å². The zero-order valence-electron chi connectivity index (χ0n) is 12.5. The van der Waals surface area contributed by atoms with Crippen molar-refractivity contribution >= 4 is 11.6 Å². The van der Waals surface area contributed by atoms with Crippen LogP contribution in [0.3, 0.4) is 0 Å². The molecule has 1 spiro atoms. The Bertz CT molecular complexity index is 556. The average molecular weight is 286 g/mol. The van der Waals surface area contributed by atoms with Crippen LogP contribution in [-0.4, -0.2) is 18.0 Å². The van der Waals surface area contributed by atoms with Crippen molar-refractivity contribution in [1.82, 2.24) is 4.98 Å². The summed E-state index contributed by atoms with van der Waals surface area (Å²) in [6.07, 6.45) is 10.7. The fraction of sp³-hybridized carbons (Fsp3) is 0.529. The number of hydrogen-bond donors (Lipinski definition) is 1. The first-order valence-corrected chi connectivity index (χ1v) is 7.60. The van der Waals surface area contributed by atoms with Gasteiger partial charge in [0, 0.05) is 5.56 Å². The van der Waals surface area contributed by atoms with E-state index in [2.05, 4.69) is 16.9 Å². The maximum atomic E-state index is 11.4. The molecule has 0 aliphatic heterocycles. The highest BCUT2D eigenvalue weighted by molar-refractivity contribution is 5.98. The summed E-state index contributed by atoms with van der Waals surface area (Å²) in [5.74, 6) is 1.29. The number of aryl methyl sites for hydroxylation is 1. The third-order valence-corrected chi connectivity index (χ3v) is 4.79. The van der Waals surface area contributed by atoms with Crippen LogP contribution in [0.25, 0.3) is 0 Å². The standard InChI is InChI=1S/C17H22N2O2/c1-3-15(20)19-14-8-13(16(21-2)18-11-14)5-4-12-9-17(10-12)6-7-17/h3,8,11-12H,1,4-7,9-10H2,2H3,(H,19,20). The monoisotopic (exact) mass is 286 g/mol. The molecule has 0 bridgehead atoms. The van der Waals surface area contributed by atoms with E-state index in [1.807, 2.05) is 6.07 Å². The summed E-state index contributed by atoms with van der Waals surface area (Å²) in [5.41, 5.74) is 2.52. The van der Waals surface area contributed by atoms with Gasteiger partial charge in [-0.15, -0.1) is 0 Å². The van der Waals surface area contributed by atoms with E-state index in [1.165, 1.54) is 38.2 Å². The minimum atomic E-state index is -0.220. The van der Waals surface area contributed by atoms with Crippen molar-refractivity contribution in [1.29, 1.82) is 0 Å². The number of methoxy groups -OCH3 is 1. The van der Waals surface area contributed by atoms with Crippen molar-refractivity contribution < 1.29 is 9.53 Å². The molecule has 0 atom stereocenters. The van der Waals surface area contributed by atoms with Gasteiger partial charge in [-0.1, -0.05) is 6.58 Å². The van der Waals surface area contributed by atoms with Crippen molar-refractivity contribution in [2.45, 2.75) is 38.5 Å².